The molecule has 1 unspecified atom stereocenters. The lowest BCUT2D eigenvalue weighted by Gasteiger charge is -2.18. The van der Waals surface area contributed by atoms with Crippen molar-refractivity contribution in [2.24, 2.45) is 10.9 Å². The Kier molecular flexibility index (Phi) is 8.46. The lowest BCUT2D eigenvalue weighted by atomic mass is 10.1. The van der Waals surface area contributed by atoms with Gasteiger partial charge >= 0.3 is 0 Å². The summed E-state index contributed by atoms with van der Waals surface area (Å²) < 4.78 is 24.9. The summed E-state index contributed by atoms with van der Waals surface area (Å²) in [5, 5.41) is 10.2. The van der Waals surface area contributed by atoms with E-state index in [0.717, 1.165) is 5.56 Å². The molecule has 1 heterocycles. The molecule has 28 heavy (non-hydrogen) atoms. The Hall–Kier alpha value is -1.91. The van der Waals surface area contributed by atoms with Gasteiger partial charge in [-0.2, -0.15) is 4.98 Å². The van der Waals surface area contributed by atoms with Crippen molar-refractivity contribution < 1.29 is 13.7 Å². The van der Waals surface area contributed by atoms with E-state index in [1.165, 1.54) is 18.9 Å². The van der Waals surface area contributed by atoms with Crippen molar-refractivity contribution in [1.82, 2.24) is 20.8 Å². The summed E-state index contributed by atoms with van der Waals surface area (Å²) in [4.78, 5) is 8.57. The second-order valence-electron chi connectivity index (χ2n) is 6.74. The summed E-state index contributed by atoms with van der Waals surface area (Å²) in [6.45, 7) is 7.24. The van der Waals surface area contributed by atoms with E-state index in [9.17, 15) is 4.39 Å². The largest absolute Gasteiger partial charge is 0.490 e. The molecule has 0 saturated heterocycles. The normalized spacial score (nSPS) is 14.9. The molecule has 0 aliphatic heterocycles. The summed E-state index contributed by atoms with van der Waals surface area (Å²) in [5.41, 5.74) is 0.811. The molecule has 0 bridgehead atoms. The molecule has 0 amide bonds. The quantitative estimate of drug-likeness (QED) is 0.325. The first-order valence-electron chi connectivity index (χ1n) is 9.31. The molecule has 1 aliphatic carbocycles. The van der Waals surface area contributed by atoms with Crippen molar-refractivity contribution in [3.8, 4) is 5.75 Å². The van der Waals surface area contributed by atoms with Crippen LogP contribution in [0.5, 0.6) is 5.75 Å². The van der Waals surface area contributed by atoms with Crippen molar-refractivity contribution in [3.63, 3.8) is 0 Å². The zero-order valence-electron chi connectivity index (χ0n) is 16.4. The molecule has 7 nitrogen and oxygen atoms in total. The number of rotatable bonds is 8. The molecule has 2 N–H and O–H groups in total. The van der Waals surface area contributed by atoms with Gasteiger partial charge in [-0.1, -0.05) is 11.2 Å². The summed E-state index contributed by atoms with van der Waals surface area (Å²) >= 11 is 0. The van der Waals surface area contributed by atoms with Gasteiger partial charge in [0, 0.05) is 6.54 Å². The first kappa shape index (κ1) is 22.4. The Morgan fingerprint density at radius 1 is 1.43 bits per heavy atom. The van der Waals surface area contributed by atoms with Crippen molar-refractivity contribution in [2.75, 3.05) is 13.2 Å². The Morgan fingerprint density at radius 3 is 2.82 bits per heavy atom. The predicted molar refractivity (Wildman–Crippen MR) is 115 cm³/mol. The first-order valence-corrected chi connectivity index (χ1v) is 9.31. The first-order chi connectivity index (χ1) is 13.0. The number of hydrogen-bond acceptors (Lipinski definition) is 5. The topological polar surface area (TPSA) is 84.6 Å². The van der Waals surface area contributed by atoms with Crippen molar-refractivity contribution in [2.45, 2.75) is 46.2 Å². The summed E-state index contributed by atoms with van der Waals surface area (Å²) in [6.07, 6.45) is 2.35. The third-order valence-corrected chi connectivity index (χ3v) is 4.27. The number of hydrogen-bond donors (Lipinski definition) is 2. The molecule has 2 aromatic rings. The third-order valence-electron chi connectivity index (χ3n) is 4.27. The molecular weight excluding hydrogens is 476 g/mol. The van der Waals surface area contributed by atoms with Crippen LogP contribution < -0.4 is 15.4 Å². The van der Waals surface area contributed by atoms with Gasteiger partial charge in [0.25, 0.3) is 0 Å². The molecule has 1 aromatic heterocycles. The molecule has 1 aromatic carbocycles. The van der Waals surface area contributed by atoms with Crippen molar-refractivity contribution in [3.05, 3.63) is 41.3 Å². The standard InChI is InChI=1S/C19H26FN5O2.HI/c1-4-21-19(22-10-18-24-13(3)25-27-18)23-12(2)15-7-8-17(16(20)9-15)26-11-14-5-6-14;/h7-9,12,14H,4-6,10-11H2,1-3H3,(H2,21,22,23);1H. The maximum Gasteiger partial charge on any atom is 0.248 e. The van der Waals surface area contributed by atoms with E-state index in [-0.39, 0.29) is 42.4 Å². The molecule has 1 atom stereocenters. The Morgan fingerprint density at radius 2 is 2.21 bits per heavy atom. The van der Waals surface area contributed by atoms with Crippen LogP contribution in [0.3, 0.4) is 0 Å². The van der Waals surface area contributed by atoms with Crippen LogP contribution in [-0.4, -0.2) is 29.3 Å². The highest BCUT2D eigenvalue weighted by molar-refractivity contribution is 14.0. The average Bonchev–Trinajstić information content (AvgIpc) is 3.38. The molecule has 9 heteroatoms. The number of aryl methyl sites for hydroxylation is 1. The Labute approximate surface area is 181 Å². The van der Waals surface area contributed by atoms with Crippen LogP contribution in [0.1, 0.15) is 50.0 Å². The predicted octanol–water partition coefficient (Wildman–Crippen LogP) is 3.74. The van der Waals surface area contributed by atoms with Crippen LogP contribution in [0.25, 0.3) is 0 Å². The second-order valence-corrected chi connectivity index (χ2v) is 6.74. The third kappa shape index (κ3) is 6.61. The number of aromatic nitrogens is 2. The number of guanidine groups is 1. The summed E-state index contributed by atoms with van der Waals surface area (Å²) in [5.74, 6) is 2.17. The highest BCUT2D eigenvalue weighted by Gasteiger charge is 2.22. The van der Waals surface area contributed by atoms with Gasteiger partial charge in [-0.3, -0.25) is 0 Å². The Bertz CT molecular complexity index is 794. The fraction of sp³-hybridized carbons (Fsp3) is 0.526. The summed E-state index contributed by atoms with van der Waals surface area (Å²) in [6, 6.07) is 4.93. The fourth-order valence-corrected chi connectivity index (χ4v) is 2.56. The molecule has 0 radical (unpaired) electrons. The molecule has 1 fully saturated rings. The molecule has 1 aliphatic rings. The van der Waals surface area contributed by atoms with Crippen LogP contribution in [0.15, 0.2) is 27.7 Å². The monoisotopic (exact) mass is 503 g/mol. The van der Waals surface area contributed by atoms with Crippen molar-refractivity contribution in [1.29, 1.82) is 0 Å². The minimum absolute atomic E-state index is 0. The number of nitrogens with zero attached hydrogens (tertiary/aromatic N) is 3. The van der Waals surface area contributed by atoms with Gasteiger partial charge < -0.3 is 19.9 Å². The van der Waals surface area contributed by atoms with Crippen LogP contribution >= 0.6 is 24.0 Å². The molecule has 3 rings (SSSR count). The maximum absolute atomic E-state index is 14.3. The van der Waals surface area contributed by atoms with Gasteiger partial charge in [0.2, 0.25) is 5.89 Å². The summed E-state index contributed by atoms with van der Waals surface area (Å²) in [7, 11) is 0. The van der Waals surface area contributed by atoms with Crippen LogP contribution in [0.2, 0.25) is 0 Å². The number of ether oxygens (including phenoxy) is 1. The van der Waals surface area contributed by atoms with E-state index in [1.54, 1.807) is 13.0 Å². The highest BCUT2D eigenvalue weighted by Crippen LogP contribution is 2.30. The highest BCUT2D eigenvalue weighted by atomic mass is 127. The van der Waals surface area contributed by atoms with Gasteiger partial charge in [-0.25, -0.2) is 9.38 Å². The average molecular weight is 503 g/mol. The van der Waals surface area contributed by atoms with E-state index < -0.39 is 0 Å². The minimum Gasteiger partial charge on any atom is -0.490 e. The lowest BCUT2D eigenvalue weighted by Crippen LogP contribution is -2.38. The van der Waals surface area contributed by atoms with Gasteiger partial charge in [-0.05, 0) is 57.2 Å². The lowest BCUT2D eigenvalue weighted by molar-refractivity contribution is 0.285. The smallest absolute Gasteiger partial charge is 0.248 e. The molecule has 0 spiro atoms. The zero-order chi connectivity index (χ0) is 19.2. The number of aliphatic imine (C=N–C) groups is 1. The molecular formula is C19H27FIN5O2. The van der Waals surface area contributed by atoms with Crippen LogP contribution in [0.4, 0.5) is 4.39 Å². The zero-order valence-corrected chi connectivity index (χ0v) is 18.7. The maximum atomic E-state index is 14.3. The van der Waals surface area contributed by atoms with Gasteiger partial charge in [0.05, 0.1) is 12.6 Å². The van der Waals surface area contributed by atoms with Crippen LogP contribution in [0, 0.1) is 18.7 Å². The SMILES string of the molecule is CCNC(=NCc1nc(C)no1)NC(C)c1ccc(OCC2CC2)c(F)c1.I. The van der Waals surface area contributed by atoms with E-state index in [4.69, 9.17) is 9.26 Å². The minimum atomic E-state index is -0.343. The second kappa shape index (κ2) is 10.6. The fourth-order valence-electron chi connectivity index (χ4n) is 2.56. The number of nitrogens with one attached hydrogen (secondary N) is 2. The molecule has 154 valence electrons. The Balaban J connectivity index is 0.00000280. The van der Waals surface area contributed by atoms with Gasteiger partial charge in [0.1, 0.15) is 6.54 Å². The number of benzene rings is 1. The van der Waals surface area contributed by atoms with Gasteiger partial charge in [0.15, 0.2) is 23.4 Å². The van der Waals surface area contributed by atoms with E-state index in [2.05, 4.69) is 25.8 Å². The van der Waals surface area contributed by atoms with Crippen LogP contribution in [-0.2, 0) is 6.54 Å². The van der Waals surface area contributed by atoms with E-state index in [1.807, 2.05) is 19.9 Å². The number of halogens is 2. The van der Waals surface area contributed by atoms with Gasteiger partial charge in [-0.15, -0.1) is 24.0 Å². The van der Waals surface area contributed by atoms with E-state index >= 15 is 0 Å². The van der Waals surface area contributed by atoms with Crippen molar-refractivity contribution >= 4 is 29.9 Å². The van der Waals surface area contributed by atoms with E-state index in [0.29, 0.717) is 42.5 Å². The molecule has 1 saturated carbocycles.